The van der Waals surface area contributed by atoms with Crippen molar-refractivity contribution in [3.8, 4) is 0 Å². The molecule has 0 atom stereocenters. The summed E-state index contributed by atoms with van der Waals surface area (Å²) >= 11 is 0. The van der Waals surface area contributed by atoms with Gasteiger partial charge < -0.3 is 10.5 Å². The fraction of sp³-hybridized carbons (Fsp3) is 0.600. The first-order chi connectivity index (χ1) is 3.31. The average Bonchev–Trinajstić information content (AvgIpc) is 1.68. The van der Waals surface area contributed by atoms with Gasteiger partial charge in [0, 0.05) is 0 Å². The lowest BCUT2D eigenvalue weighted by Crippen LogP contribution is -1.97. The van der Waals surface area contributed by atoms with Crippen LogP contribution >= 0.6 is 0 Å². The number of nitrogens with two attached hydrogens (primary N) is 1. The summed E-state index contributed by atoms with van der Waals surface area (Å²) in [6.45, 7) is 2.01. The summed E-state index contributed by atoms with van der Waals surface area (Å²) in [6.07, 6.45) is 2.75. The molecule has 0 aromatic rings. The van der Waals surface area contributed by atoms with Crippen LogP contribution in [-0.2, 0) is 4.74 Å². The SMILES string of the molecule is CC/C=C(/N)OC. The molecular formula is C5H11NO. The summed E-state index contributed by atoms with van der Waals surface area (Å²) in [5.41, 5.74) is 5.22. The van der Waals surface area contributed by atoms with Crippen molar-refractivity contribution in [1.82, 2.24) is 0 Å². The highest BCUT2D eigenvalue weighted by Gasteiger charge is 1.77. The minimum Gasteiger partial charge on any atom is -0.483 e. The molecule has 0 aliphatic rings. The van der Waals surface area contributed by atoms with Crippen LogP contribution in [0.3, 0.4) is 0 Å². The monoisotopic (exact) mass is 101 g/mol. The van der Waals surface area contributed by atoms with Crippen LogP contribution in [0.2, 0.25) is 0 Å². The van der Waals surface area contributed by atoms with Crippen LogP contribution in [0.4, 0.5) is 0 Å². The van der Waals surface area contributed by atoms with Gasteiger partial charge in [-0.3, -0.25) is 0 Å². The highest BCUT2D eigenvalue weighted by atomic mass is 16.5. The van der Waals surface area contributed by atoms with E-state index in [1.807, 2.05) is 13.0 Å². The van der Waals surface area contributed by atoms with E-state index in [0.717, 1.165) is 6.42 Å². The van der Waals surface area contributed by atoms with Crippen LogP contribution in [0.5, 0.6) is 0 Å². The van der Waals surface area contributed by atoms with Crippen LogP contribution in [0.25, 0.3) is 0 Å². The van der Waals surface area contributed by atoms with E-state index in [-0.39, 0.29) is 0 Å². The summed E-state index contributed by atoms with van der Waals surface area (Å²) in [7, 11) is 1.56. The molecule has 0 aromatic heterocycles. The van der Waals surface area contributed by atoms with Gasteiger partial charge in [0.25, 0.3) is 0 Å². The molecule has 0 aliphatic heterocycles. The molecule has 7 heavy (non-hydrogen) atoms. The summed E-state index contributed by atoms with van der Waals surface area (Å²) in [4.78, 5) is 0. The molecule has 2 heteroatoms. The Balaban J connectivity index is 3.29. The summed E-state index contributed by atoms with van der Waals surface area (Å²) in [5, 5.41) is 0. The number of hydrogen-bond acceptors (Lipinski definition) is 2. The third-order valence-electron chi connectivity index (χ3n) is 0.641. The molecule has 0 saturated carbocycles. The van der Waals surface area contributed by atoms with E-state index in [9.17, 15) is 0 Å². The Bertz CT molecular complexity index is 68.5. The number of hydrogen-bond donors (Lipinski definition) is 1. The van der Waals surface area contributed by atoms with Gasteiger partial charge in [-0.2, -0.15) is 0 Å². The molecule has 0 bridgehead atoms. The van der Waals surface area contributed by atoms with Crippen LogP contribution in [0.15, 0.2) is 12.0 Å². The highest BCUT2D eigenvalue weighted by molar-refractivity contribution is 4.84. The molecule has 0 rings (SSSR count). The Morgan fingerprint density at radius 1 is 1.86 bits per heavy atom. The second-order valence-electron chi connectivity index (χ2n) is 1.22. The maximum absolute atomic E-state index is 5.22. The minimum absolute atomic E-state index is 0.502. The van der Waals surface area contributed by atoms with Crippen LogP contribution in [-0.4, -0.2) is 7.11 Å². The third kappa shape index (κ3) is 3.16. The van der Waals surface area contributed by atoms with Crippen LogP contribution in [0, 0.1) is 0 Å². The van der Waals surface area contributed by atoms with Gasteiger partial charge in [0.05, 0.1) is 7.11 Å². The Hall–Kier alpha value is -0.660. The first-order valence-electron chi connectivity index (χ1n) is 2.31. The maximum atomic E-state index is 5.22. The summed E-state index contributed by atoms with van der Waals surface area (Å²) < 4.78 is 4.63. The Labute approximate surface area is 44.0 Å². The fourth-order valence-electron chi connectivity index (χ4n) is 0.285. The predicted octanol–water partition coefficient (Wildman–Crippen LogP) is 0.843. The lowest BCUT2D eigenvalue weighted by molar-refractivity contribution is 0.286. The van der Waals surface area contributed by atoms with Gasteiger partial charge in [-0.25, -0.2) is 0 Å². The second-order valence-corrected chi connectivity index (χ2v) is 1.22. The summed E-state index contributed by atoms with van der Waals surface area (Å²) in [5.74, 6) is 0.502. The van der Waals surface area contributed by atoms with Crippen molar-refractivity contribution in [3.63, 3.8) is 0 Å². The topological polar surface area (TPSA) is 35.2 Å². The predicted molar refractivity (Wildman–Crippen MR) is 29.6 cm³/mol. The number of rotatable bonds is 2. The zero-order chi connectivity index (χ0) is 5.70. The molecule has 42 valence electrons. The summed E-state index contributed by atoms with van der Waals surface area (Å²) in [6, 6.07) is 0. The van der Waals surface area contributed by atoms with Crippen molar-refractivity contribution < 1.29 is 4.74 Å². The zero-order valence-corrected chi connectivity index (χ0v) is 4.77. The molecule has 0 fully saturated rings. The molecule has 0 aliphatic carbocycles. The molecule has 0 aromatic carbocycles. The van der Waals surface area contributed by atoms with Gasteiger partial charge in [-0.15, -0.1) is 0 Å². The Morgan fingerprint density at radius 3 is 2.57 bits per heavy atom. The fourth-order valence-corrected chi connectivity index (χ4v) is 0.285. The lowest BCUT2D eigenvalue weighted by atomic mass is 10.5. The van der Waals surface area contributed by atoms with Crippen molar-refractivity contribution in [2.75, 3.05) is 7.11 Å². The number of methoxy groups -OCH3 is 1. The van der Waals surface area contributed by atoms with E-state index in [4.69, 9.17) is 5.73 Å². The Morgan fingerprint density at radius 2 is 2.43 bits per heavy atom. The molecule has 0 heterocycles. The van der Waals surface area contributed by atoms with E-state index in [2.05, 4.69) is 4.74 Å². The van der Waals surface area contributed by atoms with E-state index in [1.165, 1.54) is 0 Å². The van der Waals surface area contributed by atoms with Crippen molar-refractivity contribution in [3.05, 3.63) is 12.0 Å². The minimum atomic E-state index is 0.502. The number of allylic oxidation sites excluding steroid dienone is 1. The largest absolute Gasteiger partial charge is 0.483 e. The third-order valence-corrected chi connectivity index (χ3v) is 0.641. The van der Waals surface area contributed by atoms with E-state index >= 15 is 0 Å². The second kappa shape index (κ2) is 3.53. The van der Waals surface area contributed by atoms with Gasteiger partial charge in [-0.1, -0.05) is 6.92 Å². The van der Waals surface area contributed by atoms with Crippen molar-refractivity contribution in [2.45, 2.75) is 13.3 Å². The van der Waals surface area contributed by atoms with Crippen molar-refractivity contribution >= 4 is 0 Å². The van der Waals surface area contributed by atoms with Gasteiger partial charge >= 0.3 is 0 Å². The van der Waals surface area contributed by atoms with Crippen LogP contribution in [0.1, 0.15) is 13.3 Å². The standard InChI is InChI=1S/C5H11NO/c1-3-4-5(6)7-2/h4H,3,6H2,1-2H3/b5-4-. The van der Waals surface area contributed by atoms with Gasteiger partial charge in [-0.05, 0) is 12.5 Å². The lowest BCUT2D eigenvalue weighted by Gasteiger charge is -1.93. The molecule has 0 unspecified atom stereocenters. The highest BCUT2D eigenvalue weighted by Crippen LogP contribution is 1.85. The molecule has 0 saturated heterocycles. The first-order valence-corrected chi connectivity index (χ1v) is 2.31. The molecule has 0 radical (unpaired) electrons. The first kappa shape index (κ1) is 6.34. The van der Waals surface area contributed by atoms with Gasteiger partial charge in [0.15, 0.2) is 5.88 Å². The Kier molecular flexibility index (Phi) is 3.19. The molecular weight excluding hydrogens is 90.1 g/mol. The molecule has 2 N–H and O–H groups in total. The molecule has 0 amide bonds. The maximum Gasteiger partial charge on any atom is 0.179 e. The normalized spacial score (nSPS) is 11.4. The molecule has 2 nitrogen and oxygen atoms in total. The van der Waals surface area contributed by atoms with Gasteiger partial charge in [0.2, 0.25) is 0 Å². The quantitative estimate of drug-likeness (QED) is 0.523. The van der Waals surface area contributed by atoms with Crippen molar-refractivity contribution in [2.24, 2.45) is 5.73 Å². The van der Waals surface area contributed by atoms with E-state index in [1.54, 1.807) is 7.11 Å². The number of ether oxygens (including phenoxy) is 1. The van der Waals surface area contributed by atoms with Gasteiger partial charge in [0.1, 0.15) is 0 Å². The average molecular weight is 101 g/mol. The van der Waals surface area contributed by atoms with Crippen LogP contribution < -0.4 is 5.73 Å². The molecule has 0 spiro atoms. The van der Waals surface area contributed by atoms with E-state index in [0.29, 0.717) is 5.88 Å². The van der Waals surface area contributed by atoms with E-state index < -0.39 is 0 Å². The van der Waals surface area contributed by atoms with Crippen molar-refractivity contribution in [1.29, 1.82) is 0 Å². The smallest absolute Gasteiger partial charge is 0.179 e. The zero-order valence-electron chi connectivity index (χ0n) is 4.77.